The van der Waals surface area contributed by atoms with Crippen molar-refractivity contribution in [1.82, 2.24) is 14.8 Å². The van der Waals surface area contributed by atoms with Crippen LogP contribution in [0.4, 0.5) is 5.69 Å². The van der Waals surface area contributed by atoms with Gasteiger partial charge in [-0.25, -0.2) is 0 Å². The third-order valence-electron chi connectivity index (χ3n) is 8.04. The SMILES string of the molecule is Cc1cc(NC(=O)c2cc(Oc3cc(-c4ccccc4)nc4c3C=CC4)ccc2C)ccc1CN1CCN(C)CC1. The number of likely N-dealkylation sites (N-methyl/N-ethyl adjacent to an activating group) is 1. The zero-order chi connectivity index (χ0) is 28.3. The summed E-state index contributed by atoms with van der Waals surface area (Å²) in [6.07, 6.45) is 4.94. The monoisotopic (exact) mass is 544 g/mol. The lowest BCUT2D eigenvalue weighted by Gasteiger charge is -2.32. The predicted molar refractivity (Wildman–Crippen MR) is 166 cm³/mol. The van der Waals surface area contributed by atoms with E-state index in [1.165, 1.54) is 11.1 Å². The molecule has 1 amide bonds. The largest absolute Gasteiger partial charge is 0.457 e. The van der Waals surface area contributed by atoms with Gasteiger partial charge in [-0.3, -0.25) is 14.7 Å². The standard InChI is InChI=1S/C35H36N4O2/c1-24-12-15-29(41-34-22-33(26-8-5-4-6-9-26)37-32-11-7-10-30(32)34)21-31(24)35(40)36-28-14-13-27(25(2)20-28)23-39-18-16-38(3)17-19-39/h4-10,12-15,20-22H,11,16-19,23H2,1-3H3,(H,36,40). The third-order valence-corrected chi connectivity index (χ3v) is 8.04. The number of nitrogens with zero attached hydrogens (tertiary/aromatic N) is 3. The Hall–Kier alpha value is -4.26. The molecule has 0 unspecified atom stereocenters. The van der Waals surface area contributed by atoms with Crippen molar-refractivity contribution in [3.05, 3.63) is 112 Å². The summed E-state index contributed by atoms with van der Waals surface area (Å²) in [4.78, 5) is 23.1. The number of piperazine rings is 1. The highest BCUT2D eigenvalue weighted by atomic mass is 16.5. The molecular weight excluding hydrogens is 508 g/mol. The highest BCUT2D eigenvalue weighted by Crippen LogP contribution is 2.35. The molecule has 1 aliphatic carbocycles. The van der Waals surface area contributed by atoms with Gasteiger partial charge in [-0.1, -0.05) is 54.6 Å². The Bertz CT molecular complexity index is 1600. The maximum Gasteiger partial charge on any atom is 0.256 e. The number of allylic oxidation sites excluding steroid dienone is 1. The van der Waals surface area contributed by atoms with Gasteiger partial charge in [-0.05, 0) is 61.9 Å². The van der Waals surface area contributed by atoms with Crippen LogP contribution < -0.4 is 10.1 Å². The molecule has 6 heteroatoms. The molecule has 41 heavy (non-hydrogen) atoms. The quantitative estimate of drug-likeness (QED) is 0.280. The minimum absolute atomic E-state index is 0.149. The van der Waals surface area contributed by atoms with Crippen molar-refractivity contribution in [3.63, 3.8) is 0 Å². The van der Waals surface area contributed by atoms with Crippen LogP contribution in [0.2, 0.25) is 0 Å². The van der Waals surface area contributed by atoms with Crippen LogP contribution in [0.5, 0.6) is 11.5 Å². The van der Waals surface area contributed by atoms with E-state index in [2.05, 4.69) is 65.5 Å². The highest BCUT2D eigenvalue weighted by molar-refractivity contribution is 6.05. The van der Waals surface area contributed by atoms with E-state index in [1.54, 1.807) is 0 Å². The van der Waals surface area contributed by atoms with Gasteiger partial charge in [0, 0.05) is 67.6 Å². The van der Waals surface area contributed by atoms with Gasteiger partial charge in [0.15, 0.2) is 0 Å². The number of ether oxygens (including phenoxy) is 1. The van der Waals surface area contributed by atoms with Gasteiger partial charge in [0.1, 0.15) is 11.5 Å². The number of fused-ring (bicyclic) bond motifs is 1. The van der Waals surface area contributed by atoms with Gasteiger partial charge >= 0.3 is 0 Å². The normalized spacial score (nSPS) is 15.1. The predicted octanol–water partition coefficient (Wildman–Crippen LogP) is 6.73. The van der Waals surface area contributed by atoms with Crippen LogP contribution in [0, 0.1) is 13.8 Å². The fourth-order valence-electron chi connectivity index (χ4n) is 5.48. The second kappa shape index (κ2) is 11.7. The van der Waals surface area contributed by atoms with Crippen molar-refractivity contribution in [1.29, 1.82) is 0 Å². The van der Waals surface area contributed by atoms with E-state index in [1.807, 2.05) is 55.5 Å². The number of pyridine rings is 1. The molecule has 1 saturated heterocycles. The minimum atomic E-state index is -0.149. The van der Waals surface area contributed by atoms with E-state index in [9.17, 15) is 4.79 Å². The van der Waals surface area contributed by atoms with Crippen molar-refractivity contribution >= 4 is 17.7 Å². The molecule has 2 aliphatic rings. The van der Waals surface area contributed by atoms with Crippen molar-refractivity contribution in [2.75, 3.05) is 38.5 Å². The average molecular weight is 545 g/mol. The zero-order valence-corrected chi connectivity index (χ0v) is 24.0. The van der Waals surface area contributed by atoms with E-state index >= 15 is 0 Å². The molecule has 1 aromatic heterocycles. The summed E-state index contributed by atoms with van der Waals surface area (Å²) in [6, 6.07) is 24.0. The van der Waals surface area contributed by atoms with E-state index in [0.29, 0.717) is 11.3 Å². The average Bonchev–Trinajstić information content (AvgIpc) is 3.46. The number of aryl methyl sites for hydroxylation is 2. The van der Waals surface area contributed by atoms with Crippen LogP contribution in [0.15, 0.2) is 78.9 Å². The summed E-state index contributed by atoms with van der Waals surface area (Å²) in [5, 5.41) is 3.10. The van der Waals surface area contributed by atoms with Crippen LogP contribution in [0.3, 0.4) is 0 Å². The van der Waals surface area contributed by atoms with Gasteiger partial charge in [-0.15, -0.1) is 0 Å². The molecule has 0 saturated carbocycles. The number of nitrogens with one attached hydrogen (secondary N) is 1. The molecular formula is C35H36N4O2. The molecule has 2 heterocycles. The lowest BCUT2D eigenvalue weighted by atomic mass is 10.1. The van der Waals surface area contributed by atoms with Crippen molar-refractivity contribution in [2.24, 2.45) is 0 Å². The molecule has 6 nitrogen and oxygen atoms in total. The Morgan fingerprint density at radius 3 is 2.51 bits per heavy atom. The van der Waals surface area contributed by atoms with Crippen LogP contribution in [-0.4, -0.2) is 53.9 Å². The summed E-state index contributed by atoms with van der Waals surface area (Å²) < 4.78 is 6.41. The van der Waals surface area contributed by atoms with Crippen LogP contribution in [-0.2, 0) is 13.0 Å². The molecule has 3 aromatic carbocycles. The molecule has 0 spiro atoms. The molecule has 0 atom stereocenters. The van der Waals surface area contributed by atoms with Crippen molar-refractivity contribution < 1.29 is 9.53 Å². The lowest BCUT2D eigenvalue weighted by molar-refractivity contribution is 0.102. The zero-order valence-electron chi connectivity index (χ0n) is 24.0. The van der Waals surface area contributed by atoms with Crippen molar-refractivity contribution in [2.45, 2.75) is 26.8 Å². The lowest BCUT2D eigenvalue weighted by Crippen LogP contribution is -2.43. The number of amides is 1. The number of carbonyl (C=O) groups is 1. The number of aromatic nitrogens is 1. The first-order valence-electron chi connectivity index (χ1n) is 14.3. The molecule has 1 fully saturated rings. The number of rotatable bonds is 7. The van der Waals surface area contributed by atoms with Crippen LogP contribution in [0.25, 0.3) is 17.3 Å². The maximum atomic E-state index is 13.4. The van der Waals surface area contributed by atoms with Gasteiger partial charge in [0.25, 0.3) is 5.91 Å². The van der Waals surface area contributed by atoms with Crippen molar-refractivity contribution in [3.8, 4) is 22.8 Å². The Balaban J connectivity index is 1.19. The van der Waals surface area contributed by atoms with Crippen LogP contribution >= 0.6 is 0 Å². The second-order valence-electron chi connectivity index (χ2n) is 11.1. The summed E-state index contributed by atoms with van der Waals surface area (Å²) in [7, 11) is 2.17. The number of hydrogen-bond acceptors (Lipinski definition) is 5. The third kappa shape index (κ3) is 6.09. The summed E-state index contributed by atoms with van der Waals surface area (Å²) in [5.74, 6) is 1.21. The summed E-state index contributed by atoms with van der Waals surface area (Å²) in [5.41, 5.74) is 8.67. The number of benzene rings is 3. The van der Waals surface area contributed by atoms with Gasteiger partial charge in [0.05, 0.1) is 11.4 Å². The first-order chi connectivity index (χ1) is 19.9. The van der Waals surface area contributed by atoms with Gasteiger partial charge < -0.3 is 15.0 Å². The number of anilines is 1. The Labute approximate surface area is 242 Å². The number of carbonyl (C=O) groups excluding carboxylic acids is 1. The van der Waals surface area contributed by atoms with Crippen LogP contribution in [0.1, 0.15) is 38.3 Å². The Kier molecular flexibility index (Phi) is 7.68. The molecule has 0 radical (unpaired) electrons. The Morgan fingerprint density at radius 1 is 0.927 bits per heavy atom. The molecule has 6 rings (SSSR count). The summed E-state index contributed by atoms with van der Waals surface area (Å²) >= 11 is 0. The molecule has 208 valence electrons. The van der Waals surface area contributed by atoms with E-state index in [0.717, 1.165) is 78.7 Å². The van der Waals surface area contributed by atoms with E-state index in [-0.39, 0.29) is 5.91 Å². The minimum Gasteiger partial charge on any atom is -0.457 e. The smallest absolute Gasteiger partial charge is 0.256 e. The second-order valence-corrected chi connectivity index (χ2v) is 11.1. The topological polar surface area (TPSA) is 57.7 Å². The van der Waals surface area contributed by atoms with E-state index < -0.39 is 0 Å². The van der Waals surface area contributed by atoms with Gasteiger partial charge in [0.2, 0.25) is 0 Å². The van der Waals surface area contributed by atoms with E-state index in [4.69, 9.17) is 9.72 Å². The maximum absolute atomic E-state index is 13.4. The first-order valence-corrected chi connectivity index (χ1v) is 14.3. The fourth-order valence-corrected chi connectivity index (χ4v) is 5.48. The molecule has 4 aromatic rings. The number of hydrogen-bond donors (Lipinski definition) is 1. The fraction of sp³-hybridized carbons (Fsp3) is 0.257. The molecule has 0 bridgehead atoms. The molecule has 1 aliphatic heterocycles. The molecule has 1 N–H and O–H groups in total. The highest BCUT2D eigenvalue weighted by Gasteiger charge is 2.19. The summed E-state index contributed by atoms with van der Waals surface area (Å²) in [6.45, 7) is 9.37. The first kappa shape index (κ1) is 26.9. The van der Waals surface area contributed by atoms with Gasteiger partial charge in [-0.2, -0.15) is 0 Å². The Morgan fingerprint density at radius 2 is 1.73 bits per heavy atom.